The van der Waals surface area contributed by atoms with E-state index in [4.69, 9.17) is 4.65 Å². The van der Waals surface area contributed by atoms with E-state index in [1.54, 1.807) is 0 Å². The standard InChI is InChI=1S/C25H21BNO/c1-3-8-20-16-22(13-11-18(20)6-1)25(24-10-5-15-27(24)26-28-25)23-14-12-19-7-2-4-9-21(19)17-23/h1-4,6-9,11-14,16-17,24H,5,10,15H2/t24-/m0/s1. The van der Waals surface area contributed by atoms with Crippen LogP contribution in [-0.2, 0) is 10.3 Å². The first kappa shape index (κ1) is 16.3. The molecule has 0 aliphatic carbocycles. The van der Waals surface area contributed by atoms with Crippen LogP contribution < -0.4 is 0 Å². The molecule has 2 heterocycles. The fourth-order valence-electron chi connectivity index (χ4n) is 5.11. The van der Waals surface area contributed by atoms with Crippen molar-refractivity contribution in [2.45, 2.75) is 24.5 Å². The molecule has 0 spiro atoms. The minimum Gasteiger partial charge on any atom is -0.409 e. The quantitative estimate of drug-likeness (QED) is 0.451. The van der Waals surface area contributed by atoms with Crippen molar-refractivity contribution in [3.8, 4) is 0 Å². The zero-order valence-corrected chi connectivity index (χ0v) is 15.7. The fourth-order valence-corrected chi connectivity index (χ4v) is 5.11. The number of rotatable bonds is 2. The van der Waals surface area contributed by atoms with Crippen LogP contribution in [0.1, 0.15) is 24.0 Å². The molecule has 2 fully saturated rings. The van der Waals surface area contributed by atoms with E-state index in [1.165, 1.54) is 39.1 Å². The van der Waals surface area contributed by atoms with E-state index >= 15 is 0 Å². The van der Waals surface area contributed by atoms with Crippen LogP contribution in [-0.4, -0.2) is 25.0 Å². The third kappa shape index (κ3) is 2.30. The van der Waals surface area contributed by atoms with Crippen LogP contribution in [0.3, 0.4) is 0 Å². The molecule has 3 heteroatoms. The second-order valence-corrected chi connectivity index (χ2v) is 7.98. The lowest BCUT2D eigenvalue weighted by Gasteiger charge is -2.36. The second-order valence-electron chi connectivity index (χ2n) is 7.98. The first-order valence-electron chi connectivity index (χ1n) is 10.1. The van der Waals surface area contributed by atoms with Gasteiger partial charge in [-0.3, -0.25) is 0 Å². The molecule has 1 atom stereocenters. The number of hydrogen-bond acceptors (Lipinski definition) is 2. The van der Waals surface area contributed by atoms with Gasteiger partial charge in [-0.1, -0.05) is 72.8 Å². The van der Waals surface area contributed by atoms with Gasteiger partial charge in [0.1, 0.15) is 5.60 Å². The highest BCUT2D eigenvalue weighted by Crippen LogP contribution is 2.47. The average Bonchev–Trinajstić information content (AvgIpc) is 3.36. The first-order valence-corrected chi connectivity index (χ1v) is 10.1. The van der Waals surface area contributed by atoms with Crippen molar-refractivity contribution in [1.29, 1.82) is 0 Å². The molecule has 1 radical (unpaired) electrons. The molecule has 2 aliphatic rings. The van der Waals surface area contributed by atoms with E-state index in [9.17, 15) is 0 Å². The smallest absolute Gasteiger partial charge is 0.400 e. The van der Waals surface area contributed by atoms with Crippen molar-refractivity contribution in [1.82, 2.24) is 4.81 Å². The van der Waals surface area contributed by atoms with E-state index < -0.39 is 5.60 Å². The predicted molar refractivity (Wildman–Crippen MR) is 115 cm³/mol. The summed E-state index contributed by atoms with van der Waals surface area (Å²) in [6, 6.07) is 31.1. The summed E-state index contributed by atoms with van der Waals surface area (Å²) in [5.74, 6) is 0. The van der Waals surface area contributed by atoms with Crippen molar-refractivity contribution in [2.75, 3.05) is 6.54 Å². The SMILES string of the molecule is [B]1OC(c2ccc3ccccc3c2)(c2ccc3ccccc3c2)[C@@H]2CCCN12. The van der Waals surface area contributed by atoms with Gasteiger partial charge in [0.2, 0.25) is 0 Å². The molecule has 4 aromatic rings. The van der Waals surface area contributed by atoms with Crippen LogP contribution in [0, 0.1) is 0 Å². The minimum absolute atomic E-state index is 0.342. The summed E-state index contributed by atoms with van der Waals surface area (Å²) < 4.78 is 6.58. The number of nitrogens with zero attached hydrogens (tertiary/aromatic N) is 1. The molecule has 0 unspecified atom stereocenters. The Morgan fingerprint density at radius 2 is 1.32 bits per heavy atom. The van der Waals surface area contributed by atoms with Crippen molar-refractivity contribution in [3.63, 3.8) is 0 Å². The van der Waals surface area contributed by atoms with E-state index in [1.807, 2.05) is 7.62 Å². The van der Waals surface area contributed by atoms with E-state index in [0.29, 0.717) is 6.04 Å². The molecule has 0 amide bonds. The molecule has 28 heavy (non-hydrogen) atoms. The average molecular weight is 362 g/mol. The number of benzene rings is 4. The molecular formula is C25H21BNO. The second kappa shape index (κ2) is 6.20. The Hall–Kier alpha value is -2.62. The van der Waals surface area contributed by atoms with Crippen LogP contribution in [0.15, 0.2) is 84.9 Å². The molecule has 0 aromatic heterocycles. The van der Waals surface area contributed by atoms with Gasteiger partial charge in [0.25, 0.3) is 0 Å². The molecule has 2 saturated heterocycles. The molecular weight excluding hydrogens is 341 g/mol. The van der Waals surface area contributed by atoms with Crippen molar-refractivity contribution in [2.24, 2.45) is 0 Å². The molecule has 0 N–H and O–H groups in total. The van der Waals surface area contributed by atoms with Gasteiger partial charge in [-0.15, -0.1) is 0 Å². The molecule has 135 valence electrons. The summed E-state index contributed by atoms with van der Waals surface area (Å²) >= 11 is 0. The van der Waals surface area contributed by atoms with Gasteiger partial charge >= 0.3 is 7.62 Å². The van der Waals surface area contributed by atoms with E-state index in [-0.39, 0.29) is 0 Å². The van der Waals surface area contributed by atoms with Crippen LogP contribution in [0.4, 0.5) is 0 Å². The zero-order valence-electron chi connectivity index (χ0n) is 15.7. The monoisotopic (exact) mass is 362 g/mol. The summed E-state index contributed by atoms with van der Waals surface area (Å²) in [6.07, 6.45) is 2.36. The normalized spacial score (nSPS) is 21.1. The third-order valence-corrected chi connectivity index (χ3v) is 6.49. The van der Waals surface area contributed by atoms with Gasteiger partial charge in [-0.05, 0) is 64.2 Å². The first-order chi connectivity index (χ1) is 13.8. The molecule has 0 saturated carbocycles. The van der Waals surface area contributed by atoms with Gasteiger partial charge in [-0.2, -0.15) is 0 Å². The van der Waals surface area contributed by atoms with Gasteiger partial charge in [0.15, 0.2) is 0 Å². The Kier molecular flexibility index (Phi) is 3.62. The van der Waals surface area contributed by atoms with Crippen molar-refractivity contribution in [3.05, 3.63) is 96.1 Å². The minimum atomic E-state index is -0.454. The maximum Gasteiger partial charge on any atom is 0.400 e. The summed E-state index contributed by atoms with van der Waals surface area (Å²) in [6.45, 7) is 1.08. The predicted octanol–water partition coefficient (Wildman–Crippen LogP) is 5.27. The Morgan fingerprint density at radius 1 is 0.750 bits per heavy atom. The highest BCUT2D eigenvalue weighted by molar-refractivity contribution is 6.25. The Balaban J connectivity index is 1.60. The lowest BCUT2D eigenvalue weighted by Crippen LogP contribution is -2.40. The van der Waals surface area contributed by atoms with E-state index in [0.717, 1.165) is 13.0 Å². The highest BCUT2D eigenvalue weighted by atomic mass is 16.5. The Morgan fingerprint density at radius 3 is 1.93 bits per heavy atom. The lowest BCUT2D eigenvalue weighted by atomic mass is 9.78. The topological polar surface area (TPSA) is 12.5 Å². The van der Waals surface area contributed by atoms with Gasteiger partial charge in [0.05, 0.1) is 0 Å². The van der Waals surface area contributed by atoms with Crippen molar-refractivity contribution < 1.29 is 4.65 Å². The number of fused-ring (bicyclic) bond motifs is 3. The maximum atomic E-state index is 6.58. The lowest BCUT2D eigenvalue weighted by molar-refractivity contribution is 0.109. The fraction of sp³-hybridized carbons (Fsp3) is 0.200. The highest BCUT2D eigenvalue weighted by Gasteiger charge is 2.53. The largest absolute Gasteiger partial charge is 0.409 e. The van der Waals surface area contributed by atoms with Crippen LogP contribution in [0.5, 0.6) is 0 Å². The molecule has 2 nitrogen and oxygen atoms in total. The molecule has 2 aliphatic heterocycles. The van der Waals surface area contributed by atoms with Crippen molar-refractivity contribution >= 4 is 29.2 Å². The third-order valence-electron chi connectivity index (χ3n) is 6.49. The summed E-state index contributed by atoms with van der Waals surface area (Å²) in [4.78, 5) is 2.39. The maximum absolute atomic E-state index is 6.58. The summed E-state index contributed by atoms with van der Waals surface area (Å²) in [5.41, 5.74) is 2.03. The zero-order chi connectivity index (χ0) is 18.6. The van der Waals surface area contributed by atoms with Crippen LogP contribution in [0.25, 0.3) is 21.5 Å². The Bertz CT molecular complexity index is 1110. The number of hydrogen-bond donors (Lipinski definition) is 0. The summed E-state index contributed by atoms with van der Waals surface area (Å²) in [5, 5.41) is 5.07. The van der Waals surface area contributed by atoms with Crippen LogP contribution in [0.2, 0.25) is 0 Å². The Labute approximate surface area is 166 Å². The molecule has 4 aromatic carbocycles. The van der Waals surface area contributed by atoms with E-state index in [2.05, 4.69) is 89.7 Å². The van der Waals surface area contributed by atoms with Gasteiger partial charge < -0.3 is 9.47 Å². The summed E-state index contributed by atoms with van der Waals surface area (Å²) in [7, 11) is 1.97. The van der Waals surface area contributed by atoms with Gasteiger partial charge in [0, 0.05) is 6.04 Å². The van der Waals surface area contributed by atoms with Crippen LogP contribution >= 0.6 is 0 Å². The van der Waals surface area contributed by atoms with Gasteiger partial charge in [-0.25, -0.2) is 0 Å². The molecule has 0 bridgehead atoms. The molecule has 6 rings (SSSR count).